The molecule has 0 saturated heterocycles. The van der Waals surface area contributed by atoms with Gasteiger partial charge in [-0.1, -0.05) is 0 Å². The molecular weight excluding hydrogens is 477 g/mol. The van der Waals surface area contributed by atoms with Crippen LogP contribution in [0, 0.1) is 0 Å². The van der Waals surface area contributed by atoms with Crippen LogP contribution >= 0.6 is 0 Å². The van der Waals surface area contributed by atoms with Crippen LogP contribution in [0.1, 0.15) is 0 Å². The average molecular weight is 519 g/mol. The summed E-state index contributed by atoms with van der Waals surface area (Å²) in [6.45, 7) is 29.0. The minimum atomic E-state index is -6.41. The van der Waals surface area contributed by atoms with E-state index in [2.05, 4.69) is 85.1 Å². The van der Waals surface area contributed by atoms with Gasteiger partial charge in [-0.3, -0.25) is 0 Å². The van der Waals surface area contributed by atoms with E-state index in [1.54, 1.807) is 0 Å². The van der Waals surface area contributed by atoms with Gasteiger partial charge in [0.25, 0.3) is 0 Å². The van der Waals surface area contributed by atoms with Crippen molar-refractivity contribution in [3.8, 4) is 0 Å². The summed E-state index contributed by atoms with van der Waals surface area (Å²) in [5.41, 5.74) is 0. The summed E-state index contributed by atoms with van der Waals surface area (Å²) in [6.07, 6.45) is 1.52. The summed E-state index contributed by atoms with van der Waals surface area (Å²) < 4.78 is 38.2. The zero-order chi connectivity index (χ0) is 20.0. The Morgan fingerprint density at radius 2 is 0.875 bits per heavy atom. The molecule has 0 aliphatic heterocycles. The van der Waals surface area contributed by atoms with Crippen LogP contribution in [0.25, 0.3) is 0 Å². The van der Waals surface area contributed by atoms with E-state index in [-0.39, 0.29) is 4.44 Å². The van der Waals surface area contributed by atoms with Gasteiger partial charge in [0.15, 0.2) is 0 Å². The molecule has 0 aromatic rings. The van der Waals surface area contributed by atoms with Crippen molar-refractivity contribution in [3.63, 3.8) is 0 Å². The van der Waals surface area contributed by atoms with Crippen molar-refractivity contribution in [2.45, 2.75) is 83.0 Å². The van der Waals surface area contributed by atoms with Crippen molar-refractivity contribution in [1.82, 2.24) is 4.91 Å². The molecule has 0 heterocycles. The minimum absolute atomic E-state index is 0.0928. The van der Waals surface area contributed by atoms with E-state index in [1.807, 2.05) is 4.91 Å². The first-order valence-corrected chi connectivity index (χ1v) is 29.4. The molecule has 2 nitrogen and oxygen atoms in total. The summed E-state index contributed by atoms with van der Waals surface area (Å²) in [6, 6.07) is 0. The van der Waals surface area contributed by atoms with Gasteiger partial charge >= 0.3 is 158 Å². The number of hydrogen-bond acceptors (Lipinski definition) is 2. The summed E-state index contributed by atoms with van der Waals surface area (Å²) in [5.74, 6) is 0. The van der Waals surface area contributed by atoms with Crippen LogP contribution < -0.4 is 0 Å². The van der Waals surface area contributed by atoms with Crippen LogP contribution in [0.15, 0.2) is 12.7 Å². The molecule has 0 aromatic heterocycles. The Kier molecular flexibility index (Phi) is 7.32. The van der Waals surface area contributed by atoms with Gasteiger partial charge in [-0.2, -0.15) is 0 Å². The maximum absolute atomic E-state index is 17.3. The second-order valence-corrected chi connectivity index (χ2v) is 46.1. The van der Waals surface area contributed by atoms with Crippen LogP contribution in [0.5, 0.6) is 0 Å². The fourth-order valence-electron chi connectivity index (χ4n) is 5.10. The molecule has 0 radical (unpaired) electrons. The number of hydrogen-bond donors (Lipinski definition) is 0. The molecule has 0 spiro atoms. The Bertz CT molecular complexity index is 410. The molecule has 24 heavy (non-hydrogen) atoms. The topological polar surface area (TPSA) is 6.48 Å². The molecule has 0 amide bonds. The van der Waals surface area contributed by atoms with Gasteiger partial charge in [-0.05, 0) is 0 Å². The van der Waals surface area contributed by atoms with E-state index in [0.717, 1.165) is 0 Å². The quantitative estimate of drug-likeness (QED) is 0.269. The zero-order valence-corrected chi connectivity index (χ0v) is 25.0. The fraction of sp³-hybridized carbons (Fsp3) is 0.867. The molecule has 0 aliphatic carbocycles. The van der Waals surface area contributed by atoms with E-state index in [4.69, 9.17) is 0 Å². The van der Waals surface area contributed by atoms with Gasteiger partial charge in [0, 0.05) is 0 Å². The van der Waals surface area contributed by atoms with E-state index < -0.39 is 51.6 Å². The molecule has 0 N–H and O–H groups in total. The van der Waals surface area contributed by atoms with Crippen molar-refractivity contribution in [2.75, 3.05) is 0 Å². The Morgan fingerprint density at radius 3 is 1.00 bits per heavy atom. The van der Waals surface area contributed by atoms with Gasteiger partial charge in [0.1, 0.15) is 0 Å². The van der Waals surface area contributed by atoms with Crippen LogP contribution in [0.2, 0.25) is 83.0 Å². The second kappa shape index (κ2) is 6.97. The number of rotatable bonds is 8. The molecular formula is C15H41F2N2Si4Sn-. The van der Waals surface area contributed by atoms with Crippen molar-refractivity contribution in [3.05, 3.63) is 12.7 Å². The van der Waals surface area contributed by atoms with Crippen LogP contribution in [-0.2, 0) is 0 Å². The molecule has 146 valence electrons. The van der Waals surface area contributed by atoms with Gasteiger partial charge < -0.3 is 0 Å². The molecule has 0 fully saturated rings. The van der Waals surface area contributed by atoms with Crippen molar-refractivity contribution in [1.29, 1.82) is 0 Å². The van der Waals surface area contributed by atoms with Gasteiger partial charge in [0.2, 0.25) is 0 Å². The first-order valence-electron chi connectivity index (χ1n) is 8.89. The molecule has 0 saturated carbocycles. The van der Waals surface area contributed by atoms with Crippen molar-refractivity contribution < 1.29 is 5.73 Å². The second-order valence-electron chi connectivity index (χ2n) is 10.9. The normalized spacial score (nSPS) is 17.1. The van der Waals surface area contributed by atoms with Crippen molar-refractivity contribution in [2.24, 2.45) is 0 Å². The first kappa shape index (κ1) is 25.2. The Labute approximate surface area is 157 Å². The number of halogens is 2. The predicted octanol–water partition coefficient (Wildman–Crippen LogP) is 6.44. The molecule has 0 unspecified atom stereocenters. The molecule has 0 aromatic carbocycles. The average Bonchev–Trinajstić information content (AvgIpc) is 2.02. The number of nitrogens with zero attached hydrogens (tertiary/aromatic N) is 2. The van der Waals surface area contributed by atoms with Crippen LogP contribution in [0.3, 0.4) is 0 Å². The third-order valence-corrected chi connectivity index (χ3v) is 59.5. The molecule has 0 aliphatic rings. The number of allylic oxidation sites excluding steroid dienone is 1. The predicted molar refractivity (Wildman–Crippen MR) is 120 cm³/mol. The van der Waals surface area contributed by atoms with Gasteiger partial charge in [0.05, 0.1) is 0 Å². The summed E-state index contributed by atoms with van der Waals surface area (Å²) in [5, 5.41) is 0. The summed E-state index contributed by atoms with van der Waals surface area (Å²) in [7, 11) is -8.78. The summed E-state index contributed by atoms with van der Waals surface area (Å²) in [4.78, 5) is 0. The third-order valence-electron chi connectivity index (χ3n) is 4.02. The Hall–Kier alpha value is 1.19. The van der Waals surface area contributed by atoms with Gasteiger partial charge in [-0.15, -0.1) is 0 Å². The molecule has 0 atom stereocenters. The Balaban J connectivity index is 7.02. The SMILES string of the molecule is C=C[CH2][Sn-]([F])([F])([N]([Si](C)(C)C)[Si](C)(C)C)[N]([Si](C)(C)C)[Si](C)(C)C. The van der Waals surface area contributed by atoms with E-state index in [0.29, 0.717) is 0 Å². The monoisotopic (exact) mass is 519 g/mol. The van der Waals surface area contributed by atoms with E-state index in [9.17, 15) is 0 Å². The van der Waals surface area contributed by atoms with Gasteiger partial charge in [-0.25, -0.2) is 0 Å². The van der Waals surface area contributed by atoms with E-state index in [1.165, 1.54) is 6.08 Å². The zero-order valence-electron chi connectivity index (χ0n) is 18.1. The Morgan fingerprint density at radius 1 is 0.667 bits per heavy atom. The third kappa shape index (κ3) is 5.35. The molecule has 0 rings (SSSR count). The standard InChI is InChI=1S/2C6H18NSi2.C3H5.2FH.Sn/c2*1-8(2,3)7-9(4,5)6;1-3-2;;;/h2*1-6H3;3H,1-2H2;2*1H;/q2*-1;;;;+3/p-2. The molecule has 9 heteroatoms. The van der Waals surface area contributed by atoms with Crippen LogP contribution in [0.4, 0.5) is 5.73 Å². The fourth-order valence-corrected chi connectivity index (χ4v) is 81.0. The maximum atomic E-state index is 17.3. The first-order chi connectivity index (χ1) is 10.1. The van der Waals surface area contributed by atoms with Crippen molar-refractivity contribution >= 4 is 51.6 Å². The van der Waals surface area contributed by atoms with Crippen LogP contribution in [-0.4, -0.2) is 56.5 Å². The molecule has 0 bridgehead atoms. The summed E-state index contributed by atoms with van der Waals surface area (Å²) >= 11 is -6.41. The van der Waals surface area contributed by atoms with E-state index >= 15 is 5.73 Å².